The molecule has 0 aliphatic carbocycles. The minimum absolute atomic E-state index is 0.0290. The molecule has 0 fully saturated rings. The van der Waals surface area contributed by atoms with E-state index >= 15 is 0 Å². The van der Waals surface area contributed by atoms with Crippen LogP contribution in [0.15, 0.2) is 46.7 Å². The van der Waals surface area contributed by atoms with Gasteiger partial charge in [-0.05, 0) is 26.8 Å². The van der Waals surface area contributed by atoms with E-state index in [0.717, 1.165) is 21.6 Å². The van der Waals surface area contributed by atoms with Crippen molar-refractivity contribution in [1.82, 2.24) is 24.6 Å². The first-order chi connectivity index (χ1) is 15.4. The Bertz CT molecular complexity index is 1340. The number of thiazole rings is 1. The molecule has 1 N–H and O–H groups in total. The molecule has 8 nitrogen and oxygen atoms in total. The lowest BCUT2D eigenvalue weighted by Gasteiger charge is -2.16. The van der Waals surface area contributed by atoms with E-state index in [0.29, 0.717) is 23.5 Å². The molecule has 0 bridgehead atoms. The van der Waals surface area contributed by atoms with Crippen LogP contribution in [-0.2, 0) is 18.3 Å². The van der Waals surface area contributed by atoms with Crippen LogP contribution in [0.5, 0.6) is 0 Å². The molecule has 0 amide bonds. The van der Waals surface area contributed by atoms with Crippen LogP contribution in [0.1, 0.15) is 46.6 Å². The van der Waals surface area contributed by atoms with E-state index in [1.54, 1.807) is 40.6 Å². The SMILES string of the molecule is CCOC(=O)c1cnn(-c2cc(=O)n(C)c3ccccc23)c1CN[C@H](C)c1csc(C)n1. The number of carbonyl (C=O) groups excluding carboxylic acids is 1. The van der Waals surface area contributed by atoms with E-state index in [1.165, 1.54) is 6.20 Å². The van der Waals surface area contributed by atoms with Crippen molar-refractivity contribution in [3.05, 3.63) is 74.2 Å². The van der Waals surface area contributed by atoms with Crippen LogP contribution < -0.4 is 10.9 Å². The fourth-order valence-corrected chi connectivity index (χ4v) is 4.34. The number of ether oxygens (including phenoxy) is 1. The number of hydrogen-bond donors (Lipinski definition) is 1. The maximum absolute atomic E-state index is 12.6. The lowest BCUT2D eigenvalue weighted by atomic mass is 10.1. The molecule has 0 saturated heterocycles. The number of aryl methyl sites for hydroxylation is 2. The van der Waals surface area contributed by atoms with E-state index in [4.69, 9.17) is 4.74 Å². The lowest BCUT2D eigenvalue weighted by molar-refractivity contribution is 0.0524. The van der Waals surface area contributed by atoms with Crippen LogP contribution >= 0.6 is 11.3 Å². The highest BCUT2D eigenvalue weighted by Crippen LogP contribution is 2.24. The molecule has 0 spiro atoms. The van der Waals surface area contributed by atoms with Crippen molar-refractivity contribution in [2.75, 3.05) is 6.61 Å². The number of para-hydroxylation sites is 1. The highest BCUT2D eigenvalue weighted by Gasteiger charge is 2.22. The Morgan fingerprint density at radius 1 is 1.31 bits per heavy atom. The van der Waals surface area contributed by atoms with E-state index in [1.807, 2.05) is 43.5 Å². The summed E-state index contributed by atoms with van der Waals surface area (Å²) in [4.78, 5) is 29.8. The van der Waals surface area contributed by atoms with Crippen molar-refractivity contribution in [2.45, 2.75) is 33.4 Å². The second kappa shape index (κ2) is 9.05. The van der Waals surface area contributed by atoms with Crippen LogP contribution in [0, 0.1) is 6.92 Å². The summed E-state index contributed by atoms with van der Waals surface area (Å²) in [6, 6.07) is 9.14. The van der Waals surface area contributed by atoms with Gasteiger partial charge in [0.1, 0.15) is 5.56 Å². The smallest absolute Gasteiger partial charge is 0.341 e. The summed E-state index contributed by atoms with van der Waals surface area (Å²) in [5.74, 6) is -0.444. The number of nitrogens with zero attached hydrogens (tertiary/aromatic N) is 4. The van der Waals surface area contributed by atoms with Gasteiger partial charge in [0.2, 0.25) is 0 Å². The lowest BCUT2D eigenvalue weighted by Crippen LogP contribution is -2.23. The topological polar surface area (TPSA) is 91.0 Å². The predicted octanol–water partition coefficient (Wildman–Crippen LogP) is 3.52. The first kappa shape index (κ1) is 21.9. The average molecular weight is 452 g/mol. The van der Waals surface area contributed by atoms with Gasteiger partial charge in [-0.3, -0.25) is 4.79 Å². The third-order valence-electron chi connectivity index (χ3n) is 5.38. The number of rotatable bonds is 7. The van der Waals surface area contributed by atoms with Gasteiger partial charge in [0.15, 0.2) is 0 Å². The largest absolute Gasteiger partial charge is 0.462 e. The third-order valence-corrected chi connectivity index (χ3v) is 6.17. The van der Waals surface area contributed by atoms with Crippen molar-refractivity contribution < 1.29 is 9.53 Å². The fraction of sp³-hybridized carbons (Fsp3) is 0.304. The van der Waals surface area contributed by atoms with Gasteiger partial charge in [0.25, 0.3) is 5.56 Å². The molecule has 3 aromatic heterocycles. The molecule has 1 atom stereocenters. The summed E-state index contributed by atoms with van der Waals surface area (Å²) in [7, 11) is 1.74. The molecule has 0 aliphatic rings. The van der Waals surface area contributed by atoms with Gasteiger partial charge in [-0.2, -0.15) is 5.10 Å². The molecule has 0 saturated carbocycles. The van der Waals surface area contributed by atoms with E-state index in [2.05, 4.69) is 15.4 Å². The zero-order valence-corrected chi connectivity index (χ0v) is 19.3. The number of hydrogen-bond acceptors (Lipinski definition) is 7. The molecular weight excluding hydrogens is 426 g/mol. The molecule has 0 aliphatic heterocycles. The average Bonchev–Trinajstić information content (AvgIpc) is 3.41. The zero-order valence-electron chi connectivity index (χ0n) is 18.5. The summed E-state index contributed by atoms with van der Waals surface area (Å²) in [5, 5.41) is 11.8. The maximum Gasteiger partial charge on any atom is 0.341 e. The number of esters is 1. The monoisotopic (exact) mass is 451 g/mol. The Balaban J connectivity index is 1.80. The van der Waals surface area contributed by atoms with Crippen LogP contribution in [0.3, 0.4) is 0 Å². The molecule has 0 radical (unpaired) electrons. The van der Waals surface area contributed by atoms with Gasteiger partial charge in [-0.15, -0.1) is 11.3 Å². The van der Waals surface area contributed by atoms with Crippen molar-refractivity contribution in [2.24, 2.45) is 7.05 Å². The second-order valence-corrected chi connectivity index (χ2v) is 8.54. The summed E-state index contributed by atoms with van der Waals surface area (Å²) in [6.45, 7) is 6.36. The Kier molecular flexibility index (Phi) is 6.20. The quantitative estimate of drug-likeness (QED) is 0.433. The zero-order chi connectivity index (χ0) is 22.8. The number of benzene rings is 1. The minimum atomic E-state index is -0.444. The summed E-state index contributed by atoms with van der Waals surface area (Å²) >= 11 is 1.60. The van der Waals surface area contributed by atoms with Crippen molar-refractivity contribution in [1.29, 1.82) is 0 Å². The van der Waals surface area contributed by atoms with Crippen LogP contribution in [-0.4, -0.2) is 31.9 Å². The summed E-state index contributed by atoms with van der Waals surface area (Å²) in [6.07, 6.45) is 1.50. The van der Waals surface area contributed by atoms with Crippen molar-refractivity contribution >= 4 is 28.2 Å². The van der Waals surface area contributed by atoms with Crippen molar-refractivity contribution in [3.8, 4) is 5.69 Å². The van der Waals surface area contributed by atoms with Gasteiger partial charge in [-0.1, -0.05) is 18.2 Å². The first-order valence-electron chi connectivity index (χ1n) is 10.4. The molecule has 4 aromatic rings. The predicted molar refractivity (Wildman–Crippen MR) is 124 cm³/mol. The van der Waals surface area contributed by atoms with Gasteiger partial charge in [0.05, 0.1) is 40.4 Å². The number of aromatic nitrogens is 4. The Hall–Kier alpha value is -3.30. The van der Waals surface area contributed by atoms with Crippen LogP contribution in [0.4, 0.5) is 0 Å². The molecule has 0 unspecified atom stereocenters. The Labute approximate surface area is 189 Å². The van der Waals surface area contributed by atoms with Gasteiger partial charge >= 0.3 is 5.97 Å². The second-order valence-electron chi connectivity index (χ2n) is 7.48. The molecule has 1 aromatic carbocycles. The van der Waals surface area contributed by atoms with Crippen LogP contribution in [0.25, 0.3) is 16.6 Å². The summed E-state index contributed by atoms with van der Waals surface area (Å²) < 4.78 is 8.50. The number of fused-ring (bicyclic) bond motifs is 1. The van der Waals surface area contributed by atoms with Gasteiger partial charge < -0.3 is 14.6 Å². The van der Waals surface area contributed by atoms with Crippen molar-refractivity contribution in [3.63, 3.8) is 0 Å². The highest BCUT2D eigenvalue weighted by atomic mass is 32.1. The Morgan fingerprint density at radius 2 is 2.09 bits per heavy atom. The summed E-state index contributed by atoms with van der Waals surface area (Å²) in [5.41, 5.74) is 3.18. The molecular formula is C23H25N5O3S. The first-order valence-corrected chi connectivity index (χ1v) is 11.3. The van der Waals surface area contributed by atoms with Gasteiger partial charge in [-0.25, -0.2) is 14.5 Å². The standard InChI is InChI=1S/C23H25N5O3S/c1-5-31-23(30)17-11-25-28(21(17)12-24-14(2)18-13-32-15(3)26-18)20-10-22(29)27(4)19-9-7-6-8-16(19)20/h6-11,13-14,24H,5,12H2,1-4H3/t14-/m1/s1. The minimum Gasteiger partial charge on any atom is -0.462 e. The number of pyridine rings is 1. The Morgan fingerprint density at radius 3 is 2.81 bits per heavy atom. The molecule has 3 heterocycles. The van der Waals surface area contributed by atoms with E-state index in [9.17, 15) is 9.59 Å². The maximum atomic E-state index is 12.6. The molecule has 9 heteroatoms. The molecule has 4 rings (SSSR count). The number of nitrogens with one attached hydrogen (secondary N) is 1. The van der Waals surface area contributed by atoms with Gasteiger partial charge in [0, 0.05) is 36.5 Å². The number of carbonyl (C=O) groups is 1. The fourth-order valence-electron chi connectivity index (χ4n) is 3.63. The van der Waals surface area contributed by atoms with E-state index in [-0.39, 0.29) is 18.2 Å². The van der Waals surface area contributed by atoms with E-state index < -0.39 is 5.97 Å². The third kappa shape index (κ3) is 4.09. The molecule has 32 heavy (non-hydrogen) atoms. The highest BCUT2D eigenvalue weighted by molar-refractivity contribution is 7.09. The van der Waals surface area contributed by atoms with Crippen LogP contribution in [0.2, 0.25) is 0 Å². The molecule has 166 valence electrons. The normalized spacial score (nSPS) is 12.2.